The molecule has 3 aromatic carbocycles. The molecule has 0 unspecified atom stereocenters. The Morgan fingerprint density at radius 1 is 0.912 bits per heavy atom. The van der Waals surface area contributed by atoms with Crippen molar-refractivity contribution in [3.05, 3.63) is 117 Å². The molecule has 0 radical (unpaired) electrons. The molecule has 0 saturated carbocycles. The quantitative estimate of drug-likeness (QED) is 0.391. The van der Waals surface area contributed by atoms with Crippen molar-refractivity contribution in [2.45, 2.75) is 26.3 Å². The summed E-state index contributed by atoms with van der Waals surface area (Å²) in [4.78, 5) is 37.8. The first-order chi connectivity index (χ1) is 16.4. The molecule has 34 heavy (non-hydrogen) atoms. The third-order valence-electron chi connectivity index (χ3n) is 5.66. The zero-order valence-electron chi connectivity index (χ0n) is 18.6. The van der Waals surface area contributed by atoms with Gasteiger partial charge in [0, 0.05) is 5.56 Å². The Kier molecular flexibility index (Phi) is 6.80. The molecule has 0 bridgehead atoms. The molecular formula is C27H23ClN2O4. The van der Waals surface area contributed by atoms with Gasteiger partial charge in [0.25, 0.3) is 5.91 Å². The molecule has 0 fully saturated rings. The minimum Gasteiger partial charge on any atom is -0.478 e. The Bertz CT molecular complexity index is 1400. The van der Waals surface area contributed by atoms with Gasteiger partial charge in [0.2, 0.25) is 0 Å². The van der Waals surface area contributed by atoms with E-state index in [0.717, 1.165) is 22.1 Å². The number of carboxylic acid groups (broad SMARTS) is 1. The molecule has 6 nitrogen and oxygen atoms in total. The summed E-state index contributed by atoms with van der Waals surface area (Å²) in [6.45, 7) is 2.22. The number of rotatable bonds is 7. The first-order valence-corrected chi connectivity index (χ1v) is 11.3. The van der Waals surface area contributed by atoms with Crippen molar-refractivity contribution in [3.8, 4) is 11.1 Å². The molecule has 1 N–H and O–H groups in total. The van der Waals surface area contributed by atoms with Gasteiger partial charge < -0.3 is 5.11 Å². The van der Waals surface area contributed by atoms with Crippen molar-refractivity contribution in [1.29, 1.82) is 0 Å². The predicted octanol–water partition coefficient (Wildman–Crippen LogP) is 5.36. The van der Waals surface area contributed by atoms with E-state index in [0.29, 0.717) is 23.2 Å². The lowest BCUT2D eigenvalue weighted by Crippen LogP contribution is -2.30. The molecule has 0 aliphatic rings. The van der Waals surface area contributed by atoms with Crippen LogP contribution in [-0.4, -0.2) is 26.1 Å². The second kappa shape index (κ2) is 9.93. The van der Waals surface area contributed by atoms with Crippen LogP contribution in [0.4, 0.5) is 0 Å². The number of nitrogens with zero attached hydrogens (tertiary/aromatic N) is 2. The highest BCUT2D eigenvalue weighted by atomic mass is 35.5. The standard InChI is InChI=1S/C27H23ClN2O4/c1-2-8-23-24(28)30(25(31)20-9-4-3-5-10-20)27(34)29(23)17-18-13-15-19(16-14-18)21-11-6-7-12-22(21)26(32)33/h3-7,9-16H,2,8,17H2,1H3,(H,32,33). The molecule has 0 saturated heterocycles. The van der Waals surface area contributed by atoms with Crippen molar-refractivity contribution >= 4 is 23.5 Å². The summed E-state index contributed by atoms with van der Waals surface area (Å²) < 4.78 is 2.56. The normalized spacial score (nSPS) is 10.9. The van der Waals surface area contributed by atoms with Gasteiger partial charge in [-0.2, -0.15) is 0 Å². The van der Waals surface area contributed by atoms with Crippen molar-refractivity contribution in [2.75, 3.05) is 0 Å². The SMILES string of the molecule is CCCc1c(Cl)n(C(=O)c2ccccc2)c(=O)n1Cc1ccc(-c2ccccc2C(=O)O)cc1. The maximum absolute atomic E-state index is 13.3. The maximum atomic E-state index is 13.3. The van der Waals surface area contributed by atoms with E-state index >= 15 is 0 Å². The van der Waals surface area contributed by atoms with Crippen molar-refractivity contribution in [3.63, 3.8) is 0 Å². The Balaban J connectivity index is 1.70. The van der Waals surface area contributed by atoms with Crippen LogP contribution in [0.25, 0.3) is 11.1 Å². The fourth-order valence-corrected chi connectivity index (χ4v) is 4.32. The molecule has 0 aliphatic carbocycles. The minimum absolute atomic E-state index is 0.132. The number of carboxylic acids is 1. The number of aromatic carboxylic acids is 1. The maximum Gasteiger partial charge on any atom is 0.337 e. The fourth-order valence-electron chi connectivity index (χ4n) is 3.98. The fraction of sp³-hybridized carbons (Fsp3) is 0.148. The molecular weight excluding hydrogens is 452 g/mol. The predicted molar refractivity (Wildman–Crippen MR) is 132 cm³/mol. The number of carbonyl (C=O) groups is 2. The summed E-state index contributed by atoms with van der Waals surface area (Å²) in [5.41, 5.74) is 2.94. The highest BCUT2D eigenvalue weighted by Crippen LogP contribution is 2.25. The van der Waals surface area contributed by atoms with Crippen LogP contribution in [0.5, 0.6) is 0 Å². The van der Waals surface area contributed by atoms with Gasteiger partial charge in [-0.3, -0.25) is 9.36 Å². The molecule has 4 aromatic rings. The van der Waals surface area contributed by atoms with E-state index in [-0.39, 0.29) is 17.3 Å². The van der Waals surface area contributed by atoms with E-state index in [4.69, 9.17) is 11.6 Å². The van der Waals surface area contributed by atoms with Crippen molar-refractivity contribution in [2.24, 2.45) is 0 Å². The lowest BCUT2D eigenvalue weighted by atomic mass is 9.99. The van der Waals surface area contributed by atoms with Gasteiger partial charge in [0.05, 0.1) is 17.8 Å². The van der Waals surface area contributed by atoms with Gasteiger partial charge in [0.1, 0.15) is 5.15 Å². The molecule has 4 rings (SSSR count). The molecule has 172 valence electrons. The molecule has 0 amide bonds. The highest BCUT2D eigenvalue weighted by Gasteiger charge is 2.23. The van der Waals surface area contributed by atoms with E-state index in [1.54, 1.807) is 54.6 Å². The van der Waals surface area contributed by atoms with Crippen molar-refractivity contribution < 1.29 is 14.7 Å². The van der Waals surface area contributed by atoms with Crippen LogP contribution >= 0.6 is 11.6 Å². The number of benzene rings is 3. The average molecular weight is 475 g/mol. The van der Waals surface area contributed by atoms with Crippen LogP contribution in [0.15, 0.2) is 83.7 Å². The Hall–Kier alpha value is -3.90. The molecule has 0 atom stereocenters. The van der Waals surface area contributed by atoms with E-state index < -0.39 is 17.6 Å². The number of hydrogen-bond donors (Lipinski definition) is 1. The van der Waals surface area contributed by atoms with Crippen molar-refractivity contribution in [1.82, 2.24) is 9.13 Å². The number of imidazole rings is 1. The third kappa shape index (κ3) is 4.45. The Morgan fingerprint density at radius 3 is 2.21 bits per heavy atom. The number of hydrogen-bond acceptors (Lipinski definition) is 3. The number of carbonyl (C=O) groups excluding carboxylic acids is 1. The Morgan fingerprint density at radius 2 is 1.56 bits per heavy atom. The van der Waals surface area contributed by atoms with Crippen LogP contribution in [0.1, 0.15) is 45.3 Å². The molecule has 0 aliphatic heterocycles. The van der Waals surface area contributed by atoms with E-state index in [1.807, 2.05) is 31.2 Å². The molecule has 0 spiro atoms. The summed E-state index contributed by atoms with van der Waals surface area (Å²) in [7, 11) is 0. The monoisotopic (exact) mass is 474 g/mol. The van der Waals surface area contributed by atoms with Gasteiger partial charge in [-0.15, -0.1) is 0 Å². The van der Waals surface area contributed by atoms with Crippen LogP contribution in [0, 0.1) is 0 Å². The smallest absolute Gasteiger partial charge is 0.337 e. The van der Waals surface area contributed by atoms with Crippen LogP contribution in [0.3, 0.4) is 0 Å². The van der Waals surface area contributed by atoms with Crippen LogP contribution in [0.2, 0.25) is 5.15 Å². The first-order valence-electron chi connectivity index (χ1n) is 10.9. The number of aromatic nitrogens is 2. The first kappa shape index (κ1) is 23.3. The van der Waals surface area contributed by atoms with E-state index in [2.05, 4.69) is 0 Å². The van der Waals surface area contributed by atoms with Gasteiger partial charge in [-0.1, -0.05) is 85.6 Å². The summed E-state index contributed by atoms with van der Waals surface area (Å²) in [6.07, 6.45) is 1.31. The Labute approximate surface area is 201 Å². The largest absolute Gasteiger partial charge is 0.478 e. The summed E-state index contributed by atoms with van der Waals surface area (Å²) in [6, 6.07) is 22.7. The van der Waals surface area contributed by atoms with E-state index in [9.17, 15) is 19.5 Å². The van der Waals surface area contributed by atoms with Gasteiger partial charge in [0.15, 0.2) is 0 Å². The molecule has 1 heterocycles. The summed E-state index contributed by atoms with van der Waals surface area (Å²) in [5.74, 6) is -1.46. The second-order valence-corrected chi connectivity index (χ2v) is 8.27. The van der Waals surface area contributed by atoms with Crippen LogP contribution < -0.4 is 5.69 Å². The van der Waals surface area contributed by atoms with Gasteiger partial charge in [-0.25, -0.2) is 14.2 Å². The average Bonchev–Trinajstić information content (AvgIpc) is 3.08. The van der Waals surface area contributed by atoms with Crippen LogP contribution in [-0.2, 0) is 13.0 Å². The molecule has 1 aromatic heterocycles. The summed E-state index contributed by atoms with van der Waals surface area (Å²) in [5, 5.41) is 9.60. The summed E-state index contributed by atoms with van der Waals surface area (Å²) >= 11 is 6.54. The van der Waals surface area contributed by atoms with Gasteiger partial charge >= 0.3 is 11.7 Å². The topological polar surface area (TPSA) is 81.3 Å². The minimum atomic E-state index is -0.991. The third-order valence-corrected chi connectivity index (χ3v) is 6.04. The van der Waals surface area contributed by atoms with Gasteiger partial charge in [-0.05, 0) is 41.3 Å². The highest BCUT2D eigenvalue weighted by molar-refractivity contribution is 6.31. The second-order valence-electron chi connectivity index (χ2n) is 7.91. The number of halogens is 1. The zero-order chi connectivity index (χ0) is 24.2. The zero-order valence-corrected chi connectivity index (χ0v) is 19.3. The van der Waals surface area contributed by atoms with E-state index in [1.165, 1.54) is 4.57 Å². The lowest BCUT2D eigenvalue weighted by molar-refractivity contribution is 0.0697. The lowest BCUT2D eigenvalue weighted by Gasteiger charge is -2.09. The molecule has 7 heteroatoms.